The quantitative estimate of drug-likeness (QED) is 0.711. The minimum absolute atomic E-state index is 0.168. The molecule has 2 aliphatic rings. The molecule has 1 aliphatic carbocycles. The van der Waals surface area contributed by atoms with Crippen LogP contribution >= 0.6 is 0 Å². The predicted molar refractivity (Wildman–Crippen MR) is 49.3 cm³/mol. The van der Waals surface area contributed by atoms with Gasteiger partial charge in [0.25, 0.3) is 0 Å². The average molecular weight is 183 g/mol. The summed E-state index contributed by atoms with van der Waals surface area (Å²) in [6.07, 6.45) is 4.06. The number of nitrogens with one attached hydrogen (secondary N) is 1. The maximum atomic E-state index is 11.4. The minimum Gasteiger partial charge on any atom is -0.378 e. The molecule has 0 aromatic heterocycles. The maximum Gasteiger partial charge on any atom is 0.222 e. The standard InChI is InChI=1S/C10H17NO2/c1-7-5-9(7)11-10(12)6-8-3-2-4-13-8/h7-9H,2-6H2,1H3,(H,11,12)/t7-,8?,9-/m1/s1. The van der Waals surface area contributed by atoms with Crippen molar-refractivity contribution in [1.82, 2.24) is 5.32 Å². The van der Waals surface area contributed by atoms with E-state index in [1.807, 2.05) is 0 Å². The molecule has 1 saturated carbocycles. The van der Waals surface area contributed by atoms with E-state index in [4.69, 9.17) is 4.74 Å². The molecule has 3 nitrogen and oxygen atoms in total. The number of ether oxygens (including phenoxy) is 1. The molecule has 1 heterocycles. The van der Waals surface area contributed by atoms with Gasteiger partial charge in [0.1, 0.15) is 0 Å². The van der Waals surface area contributed by atoms with Gasteiger partial charge in [-0.2, -0.15) is 0 Å². The van der Waals surface area contributed by atoms with Gasteiger partial charge < -0.3 is 10.1 Å². The van der Waals surface area contributed by atoms with Crippen LogP contribution in [-0.2, 0) is 9.53 Å². The summed E-state index contributed by atoms with van der Waals surface area (Å²) in [5.41, 5.74) is 0. The van der Waals surface area contributed by atoms with Crippen molar-refractivity contribution in [3.63, 3.8) is 0 Å². The molecule has 0 aromatic carbocycles. The SMILES string of the molecule is C[C@@H]1C[C@H]1NC(=O)CC1CCCO1. The van der Waals surface area contributed by atoms with E-state index in [2.05, 4.69) is 12.2 Å². The third kappa shape index (κ3) is 2.44. The van der Waals surface area contributed by atoms with Crippen molar-refractivity contribution in [2.75, 3.05) is 6.61 Å². The topological polar surface area (TPSA) is 38.3 Å². The molecule has 0 bridgehead atoms. The van der Waals surface area contributed by atoms with Crippen molar-refractivity contribution in [3.8, 4) is 0 Å². The molecule has 0 spiro atoms. The first-order chi connectivity index (χ1) is 6.25. The molecular formula is C10H17NO2. The third-order valence-corrected chi connectivity index (χ3v) is 2.89. The first-order valence-corrected chi connectivity index (χ1v) is 5.16. The van der Waals surface area contributed by atoms with E-state index in [-0.39, 0.29) is 12.0 Å². The zero-order valence-electron chi connectivity index (χ0n) is 8.08. The van der Waals surface area contributed by atoms with Gasteiger partial charge in [0.2, 0.25) is 5.91 Å². The smallest absolute Gasteiger partial charge is 0.222 e. The predicted octanol–water partition coefficient (Wildman–Crippen LogP) is 1.08. The molecule has 1 N–H and O–H groups in total. The maximum absolute atomic E-state index is 11.4. The van der Waals surface area contributed by atoms with Gasteiger partial charge in [-0.1, -0.05) is 6.92 Å². The largest absolute Gasteiger partial charge is 0.378 e. The number of carbonyl (C=O) groups is 1. The monoisotopic (exact) mass is 183 g/mol. The van der Waals surface area contributed by atoms with Crippen LogP contribution < -0.4 is 5.32 Å². The molecule has 1 aliphatic heterocycles. The fourth-order valence-corrected chi connectivity index (χ4v) is 1.80. The van der Waals surface area contributed by atoms with Crippen LogP contribution in [0.4, 0.5) is 0 Å². The van der Waals surface area contributed by atoms with E-state index < -0.39 is 0 Å². The van der Waals surface area contributed by atoms with Crippen molar-refractivity contribution < 1.29 is 9.53 Å². The number of hydrogen-bond acceptors (Lipinski definition) is 2. The second-order valence-electron chi connectivity index (χ2n) is 4.23. The third-order valence-electron chi connectivity index (χ3n) is 2.89. The number of amides is 1. The Labute approximate surface area is 78.8 Å². The Balaban J connectivity index is 1.66. The van der Waals surface area contributed by atoms with E-state index in [0.717, 1.165) is 25.9 Å². The molecule has 74 valence electrons. The lowest BCUT2D eigenvalue weighted by Crippen LogP contribution is -2.29. The lowest BCUT2D eigenvalue weighted by molar-refractivity contribution is -0.123. The van der Waals surface area contributed by atoms with E-state index in [9.17, 15) is 4.79 Å². The highest BCUT2D eigenvalue weighted by Crippen LogP contribution is 2.29. The number of rotatable bonds is 3. The zero-order chi connectivity index (χ0) is 9.26. The van der Waals surface area contributed by atoms with Crippen LogP contribution in [0.1, 0.15) is 32.6 Å². The van der Waals surface area contributed by atoms with Crippen LogP contribution in [0.2, 0.25) is 0 Å². The average Bonchev–Trinajstić information content (AvgIpc) is 2.61. The van der Waals surface area contributed by atoms with Gasteiger partial charge in [0, 0.05) is 12.6 Å². The molecule has 2 fully saturated rings. The summed E-state index contributed by atoms with van der Waals surface area (Å²) in [5, 5.41) is 3.01. The second-order valence-corrected chi connectivity index (χ2v) is 4.23. The van der Waals surface area contributed by atoms with Gasteiger partial charge in [-0.3, -0.25) is 4.79 Å². The fraction of sp³-hybridized carbons (Fsp3) is 0.900. The van der Waals surface area contributed by atoms with Gasteiger partial charge in [-0.15, -0.1) is 0 Å². The molecule has 13 heavy (non-hydrogen) atoms. The van der Waals surface area contributed by atoms with Gasteiger partial charge in [-0.05, 0) is 25.2 Å². The molecule has 1 saturated heterocycles. The first kappa shape index (κ1) is 9.00. The zero-order valence-corrected chi connectivity index (χ0v) is 8.08. The Bertz CT molecular complexity index is 199. The summed E-state index contributed by atoms with van der Waals surface area (Å²) < 4.78 is 5.39. The van der Waals surface area contributed by atoms with Crippen LogP contribution in [0.25, 0.3) is 0 Å². The Hall–Kier alpha value is -0.570. The Kier molecular flexibility index (Phi) is 2.54. The van der Waals surface area contributed by atoms with Crippen LogP contribution in [0.15, 0.2) is 0 Å². The molecule has 1 amide bonds. The van der Waals surface area contributed by atoms with Crippen molar-refractivity contribution in [1.29, 1.82) is 0 Å². The summed E-state index contributed by atoms with van der Waals surface area (Å²) in [6.45, 7) is 2.99. The summed E-state index contributed by atoms with van der Waals surface area (Å²) in [6, 6.07) is 0.453. The van der Waals surface area contributed by atoms with Crippen molar-refractivity contribution in [2.24, 2.45) is 5.92 Å². The molecule has 0 radical (unpaired) electrons. The normalized spacial score (nSPS) is 37.5. The summed E-state index contributed by atoms with van der Waals surface area (Å²) in [4.78, 5) is 11.4. The highest BCUT2D eigenvalue weighted by atomic mass is 16.5. The van der Waals surface area contributed by atoms with Crippen molar-refractivity contribution in [3.05, 3.63) is 0 Å². The van der Waals surface area contributed by atoms with E-state index >= 15 is 0 Å². The van der Waals surface area contributed by atoms with Crippen molar-refractivity contribution >= 4 is 5.91 Å². The Morgan fingerprint density at radius 3 is 2.92 bits per heavy atom. The van der Waals surface area contributed by atoms with Gasteiger partial charge >= 0.3 is 0 Å². The lowest BCUT2D eigenvalue weighted by Gasteiger charge is -2.08. The Morgan fingerprint density at radius 1 is 1.62 bits per heavy atom. The van der Waals surface area contributed by atoms with Gasteiger partial charge in [-0.25, -0.2) is 0 Å². The lowest BCUT2D eigenvalue weighted by atomic mass is 10.2. The minimum atomic E-state index is 0.168. The molecule has 3 heteroatoms. The van der Waals surface area contributed by atoms with E-state index in [0.29, 0.717) is 18.4 Å². The summed E-state index contributed by atoms with van der Waals surface area (Å²) in [5.74, 6) is 0.856. The van der Waals surface area contributed by atoms with Crippen molar-refractivity contribution in [2.45, 2.75) is 44.8 Å². The van der Waals surface area contributed by atoms with Gasteiger partial charge in [0.15, 0.2) is 0 Å². The first-order valence-electron chi connectivity index (χ1n) is 5.16. The summed E-state index contributed by atoms with van der Waals surface area (Å²) >= 11 is 0. The van der Waals surface area contributed by atoms with Crippen LogP contribution in [0.5, 0.6) is 0 Å². The number of carbonyl (C=O) groups excluding carboxylic acids is 1. The highest BCUT2D eigenvalue weighted by molar-refractivity contribution is 5.77. The van der Waals surface area contributed by atoms with Gasteiger partial charge in [0.05, 0.1) is 12.5 Å². The molecule has 0 aromatic rings. The fourth-order valence-electron chi connectivity index (χ4n) is 1.80. The molecule has 2 rings (SSSR count). The number of hydrogen-bond donors (Lipinski definition) is 1. The Morgan fingerprint density at radius 2 is 2.38 bits per heavy atom. The van der Waals surface area contributed by atoms with Crippen LogP contribution in [0.3, 0.4) is 0 Å². The molecule has 1 unspecified atom stereocenters. The molecular weight excluding hydrogens is 166 g/mol. The van der Waals surface area contributed by atoms with E-state index in [1.165, 1.54) is 0 Å². The van der Waals surface area contributed by atoms with Crippen LogP contribution in [-0.4, -0.2) is 24.7 Å². The van der Waals surface area contributed by atoms with E-state index in [1.54, 1.807) is 0 Å². The molecule has 3 atom stereocenters. The van der Waals surface area contributed by atoms with Crippen LogP contribution in [0, 0.1) is 5.92 Å². The summed E-state index contributed by atoms with van der Waals surface area (Å²) in [7, 11) is 0. The second kappa shape index (κ2) is 3.66. The highest BCUT2D eigenvalue weighted by Gasteiger charge is 2.34.